The van der Waals surface area contributed by atoms with Crippen molar-refractivity contribution in [3.05, 3.63) is 69.0 Å². The van der Waals surface area contributed by atoms with Crippen molar-refractivity contribution in [1.82, 2.24) is 24.4 Å². The van der Waals surface area contributed by atoms with Crippen LogP contribution in [0.1, 0.15) is 55.2 Å². The second-order valence-electron chi connectivity index (χ2n) is 9.17. The molecule has 0 unspecified atom stereocenters. The fourth-order valence-electron chi connectivity index (χ4n) is 4.97. The van der Waals surface area contributed by atoms with E-state index in [-0.39, 0.29) is 29.2 Å². The van der Waals surface area contributed by atoms with Crippen molar-refractivity contribution in [2.45, 2.75) is 52.2 Å². The van der Waals surface area contributed by atoms with Crippen molar-refractivity contribution in [3.63, 3.8) is 0 Å². The van der Waals surface area contributed by atoms with E-state index in [9.17, 15) is 14.0 Å². The third-order valence-corrected chi connectivity index (χ3v) is 6.59. The Morgan fingerprint density at radius 3 is 2.91 bits per heavy atom. The maximum atomic E-state index is 13.6. The van der Waals surface area contributed by atoms with E-state index in [1.54, 1.807) is 17.0 Å². The zero-order valence-corrected chi connectivity index (χ0v) is 18.5. The van der Waals surface area contributed by atoms with Crippen LogP contribution in [-0.4, -0.2) is 43.4 Å². The molecule has 8 heteroatoms. The summed E-state index contributed by atoms with van der Waals surface area (Å²) < 4.78 is 15.2. The first-order valence-electron chi connectivity index (χ1n) is 11.3. The number of aromatic amines is 1. The SMILES string of the molecule is CC(C)C(=O)N1CCc2c(nc3cc([C@H]4CCCN4Cc4cccc(F)c4)[nH]n3c2=O)C1. The smallest absolute Gasteiger partial charge is 0.276 e. The molecule has 2 aliphatic rings. The van der Waals surface area contributed by atoms with Gasteiger partial charge in [0.15, 0.2) is 5.65 Å². The molecule has 0 radical (unpaired) electrons. The van der Waals surface area contributed by atoms with Gasteiger partial charge in [-0.05, 0) is 43.5 Å². The minimum absolute atomic E-state index is 0.0771. The summed E-state index contributed by atoms with van der Waals surface area (Å²) in [6.07, 6.45) is 2.53. The Morgan fingerprint density at radius 1 is 1.28 bits per heavy atom. The van der Waals surface area contributed by atoms with Gasteiger partial charge < -0.3 is 4.90 Å². The van der Waals surface area contributed by atoms with E-state index in [1.807, 2.05) is 26.0 Å². The lowest BCUT2D eigenvalue weighted by molar-refractivity contribution is -0.135. The van der Waals surface area contributed by atoms with Crippen LogP contribution in [0.5, 0.6) is 0 Å². The molecule has 0 saturated carbocycles. The molecule has 2 aromatic heterocycles. The van der Waals surface area contributed by atoms with Gasteiger partial charge in [-0.3, -0.25) is 19.6 Å². The highest BCUT2D eigenvalue weighted by molar-refractivity contribution is 5.78. The number of fused-ring (bicyclic) bond motifs is 2. The number of halogens is 1. The van der Waals surface area contributed by atoms with Crippen LogP contribution >= 0.6 is 0 Å². The zero-order chi connectivity index (χ0) is 22.4. The van der Waals surface area contributed by atoms with E-state index in [2.05, 4.69) is 10.00 Å². The van der Waals surface area contributed by atoms with Crippen molar-refractivity contribution in [2.24, 2.45) is 5.92 Å². The quantitative estimate of drug-likeness (QED) is 0.681. The maximum absolute atomic E-state index is 13.6. The second-order valence-corrected chi connectivity index (χ2v) is 9.17. The highest BCUT2D eigenvalue weighted by Crippen LogP contribution is 2.33. The fraction of sp³-hybridized carbons (Fsp3) is 0.458. The average Bonchev–Trinajstić information content (AvgIpc) is 3.39. The number of nitrogens with one attached hydrogen (secondary N) is 1. The fourth-order valence-corrected chi connectivity index (χ4v) is 4.97. The minimum atomic E-state index is -0.227. The summed E-state index contributed by atoms with van der Waals surface area (Å²) in [7, 11) is 0. The van der Waals surface area contributed by atoms with Gasteiger partial charge in [0, 0.05) is 30.6 Å². The maximum Gasteiger partial charge on any atom is 0.276 e. The Kier molecular flexibility index (Phi) is 5.33. The van der Waals surface area contributed by atoms with Gasteiger partial charge in [-0.1, -0.05) is 26.0 Å². The Bertz CT molecular complexity index is 1230. The predicted octanol–water partition coefficient (Wildman–Crippen LogP) is 3.04. The van der Waals surface area contributed by atoms with Crippen molar-refractivity contribution < 1.29 is 9.18 Å². The van der Waals surface area contributed by atoms with Crippen LogP contribution in [0.25, 0.3) is 5.65 Å². The van der Waals surface area contributed by atoms with Crippen molar-refractivity contribution in [2.75, 3.05) is 13.1 Å². The van der Waals surface area contributed by atoms with Crippen LogP contribution in [-0.2, 0) is 24.3 Å². The number of rotatable bonds is 4. The molecular formula is C24H28FN5O2. The molecule has 0 bridgehead atoms. The topological polar surface area (TPSA) is 73.7 Å². The van der Waals surface area contributed by atoms with Crippen LogP contribution in [0.4, 0.5) is 4.39 Å². The van der Waals surface area contributed by atoms with E-state index >= 15 is 0 Å². The first kappa shape index (κ1) is 20.9. The molecule has 7 nitrogen and oxygen atoms in total. The summed E-state index contributed by atoms with van der Waals surface area (Å²) in [5.74, 6) is -0.215. The van der Waals surface area contributed by atoms with Crippen molar-refractivity contribution in [3.8, 4) is 0 Å². The number of likely N-dealkylation sites (tertiary alicyclic amines) is 1. The van der Waals surface area contributed by atoms with Crippen LogP contribution < -0.4 is 5.56 Å². The molecule has 5 rings (SSSR count). The Morgan fingerprint density at radius 2 is 2.12 bits per heavy atom. The van der Waals surface area contributed by atoms with Crippen LogP contribution in [0.3, 0.4) is 0 Å². The Hall–Kier alpha value is -3.00. The van der Waals surface area contributed by atoms with Gasteiger partial charge >= 0.3 is 0 Å². The second kappa shape index (κ2) is 8.16. The summed E-state index contributed by atoms with van der Waals surface area (Å²) in [5.41, 5.74) is 3.77. The molecule has 1 amide bonds. The summed E-state index contributed by atoms with van der Waals surface area (Å²) in [6, 6.07) is 8.77. The number of carbonyl (C=O) groups excluding carboxylic acids is 1. The number of hydrogen-bond acceptors (Lipinski definition) is 4. The molecule has 0 aliphatic carbocycles. The van der Waals surface area contributed by atoms with E-state index in [0.717, 1.165) is 30.6 Å². The Balaban J connectivity index is 1.44. The molecule has 4 heterocycles. The molecule has 1 aromatic carbocycles. The molecule has 1 atom stereocenters. The normalized spacial score (nSPS) is 19.1. The van der Waals surface area contributed by atoms with Gasteiger partial charge in [0.1, 0.15) is 5.82 Å². The minimum Gasteiger partial charge on any atom is -0.336 e. The van der Waals surface area contributed by atoms with Crippen LogP contribution in [0.2, 0.25) is 0 Å². The lowest BCUT2D eigenvalue weighted by Crippen LogP contribution is -2.41. The average molecular weight is 438 g/mol. The highest BCUT2D eigenvalue weighted by Gasteiger charge is 2.30. The number of H-pyrrole nitrogens is 1. The summed E-state index contributed by atoms with van der Waals surface area (Å²) in [6.45, 7) is 6.28. The van der Waals surface area contributed by atoms with E-state index < -0.39 is 0 Å². The van der Waals surface area contributed by atoms with E-state index in [1.165, 1.54) is 10.6 Å². The number of aromatic nitrogens is 3. The van der Waals surface area contributed by atoms with E-state index in [4.69, 9.17) is 4.98 Å². The highest BCUT2D eigenvalue weighted by atomic mass is 19.1. The first-order valence-corrected chi connectivity index (χ1v) is 11.3. The van der Waals surface area contributed by atoms with Crippen molar-refractivity contribution >= 4 is 11.6 Å². The third kappa shape index (κ3) is 3.72. The van der Waals surface area contributed by atoms with Crippen LogP contribution in [0, 0.1) is 11.7 Å². The van der Waals surface area contributed by atoms with Gasteiger partial charge in [-0.15, -0.1) is 0 Å². The van der Waals surface area contributed by atoms with Gasteiger partial charge in [0.2, 0.25) is 5.91 Å². The first-order chi connectivity index (χ1) is 15.4. The number of nitrogens with zero attached hydrogens (tertiary/aromatic N) is 4. The molecule has 1 fully saturated rings. The monoisotopic (exact) mass is 437 g/mol. The van der Waals surface area contributed by atoms with Gasteiger partial charge in [0.25, 0.3) is 5.56 Å². The van der Waals surface area contributed by atoms with Gasteiger partial charge in [-0.2, -0.15) is 0 Å². The van der Waals surface area contributed by atoms with Gasteiger partial charge in [-0.25, -0.2) is 13.9 Å². The zero-order valence-electron chi connectivity index (χ0n) is 18.5. The summed E-state index contributed by atoms with van der Waals surface area (Å²) >= 11 is 0. The summed E-state index contributed by atoms with van der Waals surface area (Å²) in [5, 5.41) is 3.28. The molecule has 1 N–H and O–H groups in total. The predicted molar refractivity (Wildman–Crippen MR) is 119 cm³/mol. The molecule has 168 valence electrons. The molecule has 3 aromatic rings. The van der Waals surface area contributed by atoms with Crippen LogP contribution in [0.15, 0.2) is 35.1 Å². The molecule has 0 spiro atoms. The Labute approximate surface area is 185 Å². The van der Waals surface area contributed by atoms with Crippen molar-refractivity contribution in [1.29, 1.82) is 0 Å². The molecular weight excluding hydrogens is 409 g/mol. The summed E-state index contributed by atoms with van der Waals surface area (Å²) in [4.78, 5) is 34.4. The number of carbonyl (C=O) groups is 1. The number of amides is 1. The third-order valence-electron chi connectivity index (χ3n) is 6.59. The largest absolute Gasteiger partial charge is 0.336 e. The number of hydrogen-bond donors (Lipinski definition) is 1. The number of benzene rings is 1. The molecule has 2 aliphatic heterocycles. The van der Waals surface area contributed by atoms with E-state index in [0.29, 0.717) is 43.0 Å². The standard InChI is InChI=1S/C24H28FN5O2/c1-15(2)23(31)29-10-8-18-20(14-29)26-22-12-19(27-30(22)24(18)32)21-7-4-9-28(21)13-16-5-3-6-17(25)11-16/h3,5-6,11-12,15,21,27H,4,7-10,13-14H2,1-2H3/t21-/m1/s1. The molecule has 1 saturated heterocycles. The lowest BCUT2D eigenvalue weighted by Gasteiger charge is -2.29. The van der Waals surface area contributed by atoms with Gasteiger partial charge in [0.05, 0.1) is 24.0 Å². The molecule has 32 heavy (non-hydrogen) atoms. The lowest BCUT2D eigenvalue weighted by atomic mass is 10.0.